The zero-order valence-corrected chi connectivity index (χ0v) is 8.64. The van der Waals surface area contributed by atoms with E-state index in [0.29, 0.717) is 5.41 Å². The topological polar surface area (TPSA) is 21.3 Å². The number of nitrogens with one attached hydrogen (secondary N) is 1. The van der Waals surface area contributed by atoms with Gasteiger partial charge in [0, 0.05) is 19.7 Å². The quantitative estimate of drug-likeness (QED) is 0.717. The van der Waals surface area contributed by atoms with Crippen molar-refractivity contribution in [3.05, 3.63) is 0 Å². The maximum absolute atomic E-state index is 5.34. The highest BCUT2D eigenvalue weighted by atomic mass is 16.5. The van der Waals surface area contributed by atoms with Crippen molar-refractivity contribution in [2.75, 3.05) is 26.3 Å². The molecule has 1 atom stereocenters. The van der Waals surface area contributed by atoms with Crippen molar-refractivity contribution in [2.24, 2.45) is 11.3 Å². The van der Waals surface area contributed by atoms with Crippen LogP contribution in [-0.4, -0.2) is 26.3 Å². The van der Waals surface area contributed by atoms with Gasteiger partial charge in [0.25, 0.3) is 0 Å². The lowest BCUT2D eigenvalue weighted by molar-refractivity contribution is 0.151. The van der Waals surface area contributed by atoms with Gasteiger partial charge in [0.2, 0.25) is 0 Å². The molecule has 76 valence electrons. The number of rotatable bonds is 4. The predicted octanol–water partition coefficient (Wildman–Crippen LogP) is 1.80. The Morgan fingerprint density at radius 3 is 2.85 bits per heavy atom. The van der Waals surface area contributed by atoms with Crippen molar-refractivity contribution in [2.45, 2.75) is 32.6 Å². The summed E-state index contributed by atoms with van der Waals surface area (Å²) in [6.07, 6.45) is 5.52. The molecule has 0 aromatic carbocycles. The van der Waals surface area contributed by atoms with Crippen LogP contribution in [0.5, 0.6) is 0 Å². The maximum Gasteiger partial charge on any atom is 0.0507 e. The highest BCUT2D eigenvalue weighted by Crippen LogP contribution is 2.39. The first kappa shape index (κ1) is 9.47. The van der Waals surface area contributed by atoms with Crippen molar-refractivity contribution in [3.8, 4) is 0 Å². The van der Waals surface area contributed by atoms with E-state index in [4.69, 9.17) is 4.74 Å². The van der Waals surface area contributed by atoms with E-state index in [2.05, 4.69) is 12.2 Å². The summed E-state index contributed by atoms with van der Waals surface area (Å²) in [6, 6.07) is 0. The Labute approximate surface area is 81.0 Å². The van der Waals surface area contributed by atoms with E-state index < -0.39 is 0 Å². The van der Waals surface area contributed by atoms with Gasteiger partial charge in [-0.15, -0.1) is 0 Å². The molecule has 2 rings (SSSR count). The molecule has 0 spiro atoms. The van der Waals surface area contributed by atoms with Crippen LogP contribution in [0.25, 0.3) is 0 Å². The van der Waals surface area contributed by atoms with Gasteiger partial charge < -0.3 is 10.1 Å². The van der Waals surface area contributed by atoms with Crippen LogP contribution in [-0.2, 0) is 4.74 Å². The lowest BCUT2D eigenvalue weighted by Crippen LogP contribution is -2.39. The zero-order valence-electron chi connectivity index (χ0n) is 8.64. The first-order valence-corrected chi connectivity index (χ1v) is 5.57. The second-order valence-electron chi connectivity index (χ2n) is 5.02. The molecular weight excluding hydrogens is 162 g/mol. The second-order valence-corrected chi connectivity index (χ2v) is 5.02. The summed E-state index contributed by atoms with van der Waals surface area (Å²) in [5, 5.41) is 3.59. The summed E-state index contributed by atoms with van der Waals surface area (Å²) >= 11 is 0. The lowest BCUT2D eigenvalue weighted by Gasteiger charge is -2.38. The number of hydrogen-bond acceptors (Lipinski definition) is 2. The Morgan fingerprint density at radius 1 is 1.46 bits per heavy atom. The normalized spacial score (nSPS) is 31.6. The summed E-state index contributed by atoms with van der Waals surface area (Å²) in [6.45, 7) is 6.72. The smallest absolute Gasteiger partial charge is 0.0507 e. The van der Waals surface area contributed by atoms with Crippen LogP contribution in [0, 0.1) is 11.3 Å². The SMILES string of the molecule is CC1(CNCC2CCOC2)CCC1. The van der Waals surface area contributed by atoms with Crippen molar-refractivity contribution in [1.82, 2.24) is 5.32 Å². The number of hydrogen-bond donors (Lipinski definition) is 1. The summed E-state index contributed by atoms with van der Waals surface area (Å²) in [5.41, 5.74) is 0.624. The first-order chi connectivity index (χ1) is 6.29. The van der Waals surface area contributed by atoms with Gasteiger partial charge in [-0.05, 0) is 30.6 Å². The summed E-state index contributed by atoms with van der Waals surface area (Å²) in [5.74, 6) is 0.781. The fraction of sp³-hybridized carbons (Fsp3) is 1.00. The Morgan fingerprint density at radius 2 is 2.31 bits per heavy atom. The molecule has 13 heavy (non-hydrogen) atoms. The van der Waals surface area contributed by atoms with Crippen LogP contribution in [0.3, 0.4) is 0 Å². The van der Waals surface area contributed by atoms with E-state index >= 15 is 0 Å². The Bertz CT molecular complexity index is 159. The third-order valence-corrected chi connectivity index (χ3v) is 3.57. The molecule has 0 aromatic rings. The molecule has 0 aromatic heterocycles. The summed E-state index contributed by atoms with van der Waals surface area (Å²) in [7, 11) is 0. The van der Waals surface area contributed by atoms with Gasteiger partial charge in [-0.1, -0.05) is 13.3 Å². The van der Waals surface area contributed by atoms with Crippen LogP contribution >= 0.6 is 0 Å². The predicted molar refractivity (Wildman–Crippen MR) is 53.8 cm³/mol. The highest BCUT2D eigenvalue weighted by molar-refractivity contribution is 4.85. The fourth-order valence-electron chi connectivity index (χ4n) is 2.28. The Kier molecular flexibility index (Phi) is 2.89. The van der Waals surface area contributed by atoms with Gasteiger partial charge >= 0.3 is 0 Å². The van der Waals surface area contributed by atoms with Gasteiger partial charge in [-0.3, -0.25) is 0 Å². The highest BCUT2D eigenvalue weighted by Gasteiger charge is 2.31. The molecule has 1 aliphatic heterocycles. The average molecular weight is 183 g/mol. The third kappa shape index (κ3) is 2.44. The Hall–Kier alpha value is -0.0800. The van der Waals surface area contributed by atoms with Gasteiger partial charge in [-0.25, -0.2) is 0 Å². The van der Waals surface area contributed by atoms with Crippen molar-refractivity contribution in [3.63, 3.8) is 0 Å². The molecule has 2 heteroatoms. The average Bonchev–Trinajstić information content (AvgIpc) is 2.54. The van der Waals surface area contributed by atoms with E-state index in [1.807, 2.05) is 0 Å². The van der Waals surface area contributed by atoms with Crippen molar-refractivity contribution in [1.29, 1.82) is 0 Å². The van der Waals surface area contributed by atoms with Crippen molar-refractivity contribution < 1.29 is 4.74 Å². The van der Waals surface area contributed by atoms with E-state index in [1.54, 1.807) is 0 Å². The first-order valence-electron chi connectivity index (χ1n) is 5.57. The monoisotopic (exact) mass is 183 g/mol. The van der Waals surface area contributed by atoms with Gasteiger partial charge in [0.1, 0.15) is 0 Å². The molecule has 2 fully saturated rings. The summed E-state index contributed by atoms with van der Waals surface area (Å²) in [4.78, 5) is 0. The van der Waals surface area contributed by atoms with Gasteiger partial charge in [0.15, 0.2) is 0 Å². The zero-order chi connectivity index (χ0) is 9.15. The third-order valence-electron chi connectivity index (χ3n) is 3.57. The molecule has 0 amide bonds. The minimum atomic E-state index is 0.624. The maximum atomic E-state index is 5.34. The van der Waals surface area contributed by atoms with Crippen LogP contribution in [0.15, 0.2) is 0 Å². The van der Waals surface area contributed by atoms with Crippen LogP contribution < -0.4 is 5.32 Å². The largest absolute Gasteiger partial charge is 0.381 e. The van der Waals surface area contributed by atoms with E-state index in [0.717, 1.165) is 25.7 Å². The molecule has 1 saturated heterocycles. The molecular formula is C11H21NO. The molecule has 1 N–H and O–H groups in total. The molecule has 1 aliphatic carbocycles. The minimum absolute atomic E-state index is 0.624. The second kappa shape index (κ2) is 3.97. The van der Waals surface area contributed by atoms with Crippen LogP contribution in [0.2, 0.25) is 0 Å². The molecule has 1 heterocycles. The molecule has 2 aliphatic rings. The molecule has 1 unspecified atom stereocenters. The van der Waals surface area contributed by atoms with Crippen molar-refractivity contribution >= 4 is 0 Å². The standard InChI is InChI=1S/C11H21NO/c1-11(4-2-5-11)9-12-7-10-3-6-13-8-10/h10,12H,2-9H2,1H3. The fourth-order valence-corrected chi connectivity index (χ4v) is 2.28. The lowest BCUT2D eigenvalue weighted by atomic mass is 9.70. The molecule has 0 radical (unpaired) electrons. The van der Waals surface area contributed by atoms with Crippen LogP contribution in [0.1, 0.15) is 32.6 Å². The summed E-state index contributed by atoms with van der Waals surface area (Å²) < 4.78 is 5.34. The van der Waals surface area contributed by atoms with Crippen LogP contribution in [0.4, 0.5) is 0 Å². The molecule has 0 bridgehead atoms. The number of ether oxygens (including phenoxy) is 1. The van der Waals surface area contributed by atoms with E-state index in [1.165, 1.54) is 32.2 Å². The Balaban J connectivity index is 1.57. The van der Waals surface area contributed by atoms with Gasteiger partial charge in [0.05, 0.1) is 6.61 Å². The minimum Gasteiger partial charge on any atom is -0.381 e. The van der Waals surface area contributed by atoms with E-state index in [-0.39, 0.29) is 0 Å². The van der Waals surface area contributed by atoms with E-state index in [9.17, 15) is 0 Å². The van der Waals surface area contributed by atoms with Gasteiger partial charge in [-0.2, -0.15) is 0 Å². The molecule has 2 nitrogen and oxygen atoms in total. The molecule has 1 saturated carbocycles.